The van der Waals surface area contributed by atoms with Crippen molar-refractivity contribution in [1.29, 1.82) is 0 Å². The lowest BCUT2D eigenvalue weighted by molar-refractivity contribution is -0.192. The highest BCUT2D eigenvalue weighted by Crippen LogP contribution is 2.44. The molecule has 1 aromatic carbocycles. The largest absolute Gasteiger partial charge is 0.490 e. The van der Waals surface area contributed by atoms with E-state index in [-0.39, 0.29) is 29.4 Å². The number of halogens is 4. The molecular formula is C24H34ClF3N4O4. The number of alkyl halides is 3. The van der Waals surface area contributed by atoms with Crippen LogP contribution in [0.25, 0.3) is 0 Å². The van der Waals surface area contributed by atoms with Crippen molar-refractivity contribution in [2.75, 3.05) is 33.2 Å². The molecule has 2 aliphatic rings. The van der Waals surface area contributed by atoms with Gasteiger partial charge in [0.2, 0.25) is 0 Å². The third-order valence-corrected chi connectivity index (χ3v) is 6.83. The normalized spacial score (nSPS) is 19.9. The minimum atomic E-state index is -5.08. The van der Waals surface area contributed by atoms with Gasteiger partial charge in [-0.2, -0.15) is 13.2 Å². The zero-order valence-corrected chi connectivity index (χ0v) is 21.5. The zero-order chi connectivity index (χ0) is 27.1. The van der Waals surface area contributed by atoms with E-state index in [0.29, 0.717) is 23.7 Å². The Bertz CT molecular complexity index is 921. The van der Waals surface area contributed by atoms with Gasteiger partial charge >= 0.3 is 18.2 Å². The molecule has 3 amide bonds. The Morgan fingerprint density at radius 3 is 2.31 bits per heavy atom. The highest BCUT2D eigenvalue weighted by Gasteiger charge is 2.47. The number of benzene rings is 1. The number of carboxylic acids is 1. The Hall–Kier alpha value is -2.53. The minimum Gasteiger partial charge on any atom is -0.475 e. The zero-order valence-electron chi connectivity index (χ0n) is 20.7. The van der Waals surface area contributed by atoms with Gasteiger partial charge in [0.15, 0.2) is 0 Å². The quantitative estimate of drug-likeness (QED) is 0.542. The van der Waals surface area contributed by atoms with E-state index in [2.05, 4.69) is 22.6 Å². The predicted octanol–water partition coefficient (Wildman–Crippen LogP) is 4.00. The van der Waals surface area contributed by atoms with E-state index in [0.717, 1.165) is 38.8 Å². The van der Waals surface area contributed by atoms with Crippen LogP contribution in [0.4, 0.5) is 18.0 Å². The molecule has 2 saturated heterocycles. The molecule has 8 nitrogen and oxygen atoms in total. The van der Waals surface area contributed by atoms with E-state index in [4.69, 9.17) is 21.5 Å². The van der Waals surface area contributed by atoms with Crippen molar-refractivity contribution < 1.29 is 32.7 Å². The van der Waals surface area contributed by atoms with Crippen LogP contribution in [0.3, 0.4) is 0 Å². The Kier molecular flexibility index (Phi) is 10.4. The van der Waals surface area contributed by atoms with Gasteiger partial charge in [0.1, 0.15) is 0 Å². The van der Waals surface area contributed by atoms with E-state index in [9.17, 15) is 22.8 Å². The molecular weight excluding hydrogens is 501 g/mol. The maximum absolute atomic E-state index is 13.4. The first kappa shape index (κ1) is 29.7. The van der Waals surface area contributed by atoms with Crippen molar-refractivity contribution in [3.8, 4) is 0 Å². The molecule has 0 aromatic heterocycles. The van der Waals surface area contributed by atoms with Crippen molar-refractivity contribution >= 4 is 29.5 Å². The smallest absolute Gasteiger partial charge is 0.475 e. The molecule has 202 valence electrons. The average Bonchev–Trinajstić information content (AvgIpc) is 2.79. The van der Waals surface area contributed by atoms with Crippen LogP contribution in [0.2, 0.25) is 5.02 Å². The summed E-state index contributed by atoms with van der Waals surface area (Å²) in [5.41, 5.74) is 0.656. The van der Waals surface area contributed by atoms with Crippen LogP contribution in [0.15, 0.2) is 24.3 Å². The molecule has 3 rings (SSSR count). The maximum atomic E-state index is 13.4. The lowest BCUT2D eigenvalue weighted by atomic mass is 9.66. The predicted molar refractivity (Wildman–Crippen MR) is 130 cm³/mol. The summed E-state index contributed by atoms with van der Waals surface area (Å²) in [6.07, 6.45) is -0.912. The summed E-state index contributed by atoms with van der Waals surface area (Å²) >= 11 is 6.13. The minimum absolute atomic E-state index is 0.00145. The molecule has 2 aliphatic heterocycles. The molecule has 2 fully saturated rings. The van der Waals surface area contributed by atoms with Crippen molar-refractivity contribution in [3.63, 3.8) is 0 Å². The van der Waals surface area contributed by atoms with Crippen molar-refractivity contribution in [3.05, 3.63) is 34.9 Å². The molecule has 0 saturated carbocycles. The number of hydrogen-bond acceptors (Lipinski definition) is 4. The summed E-state index contributed by atoms with van der Waals surface area (Å²) in [4.78, 5) is 38.9. The molecule has 1 atom stereocenters. The van der Waals surface area contributed by atoms with E-state index >= 15 is 0 Å². The SMILES string of the molecule is CC(C)NC(=O)NCC1N(C(=O)c2cccc(Cl)c2)CCCC12CCN(C)CC2.O=C(O)C(F)(F)F. The van der Waals surface area contributed by atoms with Crippen LogP contribution >= 0.6 is 11.6 Å². The molecule has 1 unspecified atom stereocenters. The number of likely N-dealkylation sites (tertiary alicyclic amines) is 2. The van der Waals surface area contributed by atoms with Gasteiger partial charge in [-0.25, -0.2) is 9.59 Å². The second-order valence-corrected chi connectivity index (χ2v) is 10.0. The fourth-order valence-electron chi connectivity index (χ4n) is 4.76. The molecule has 0 bridgehead atoms. The van der Waals surface area contributed by atoms with Crippen molar-refractivity contribution in [2.45, 2.75) is 57.8 Å². The fraction of sp³-hybridized carbons (Fsp3) is 0.625. The molecule has 12 heteroatoms. The molecule has 1 aromatic rings. The average molecular weight is 535 g/mol. The Morgan fingerprint density at radius 2 is 1.78 bits per heavy atom. The second-order valence-electron chi connectivity index (χ2n) is 9.61. The third-order valence-electron chi connectivity index (χ3n) is 6.59. The highest BCUT2D eigenvalue weighted by molar-refractivity contribution is 6.30. The van der Waals surface area contributed by atoms with Crippen LogP contribution in [-0.2, 0) is 4.79 Å². The number of urea groups is 1. The van der Waals surface area contributed by atoms with E-state index in [1.807, 2.05) is 30.9 Å². The van der Waals surface area contributed by atoms with Gasteiger partial charge in [-0.15, -0.1) is 0 Å². The van der Waals surface area contributed by atoms with Gasteiger partial charge in [-0.3, -0.25) is 4.79 Å². The summed E-state index contributed by atoms with van der Waals surface area (Å²) in [5, 5.41) is 13.6. The van der Waals surface area contributed by atoms with Crippen LogP contribution in [0.1, 0.15) is 49.9 Å². The van der Waals surface area contributed by atoms with Gasteiger partial charge in [0.25, 0.3) is 5.91 Å². The Labute approximate surface area is 214 Å². The van der Waals surface area contributed by atoms with Crippen LogP contribution < -0.4 is 10.6 Å². The van der Waals surface area contributed by atoms with Crippen molar-refractivity contribution in [2.24, 2.45) is 5.41 Å². The Morgan fingerprint density at radius 1 is 1.17 bits per heavy atom. The van der Waals surface area contributed by atoms with Crippen LogP contribution in [0, 0.1) is 5.41 Å². The summed E-state index contributed by atoms with van der Waals surface area (Å²) in [7, 11) is 2.15. The number of rotatable bonds is 4. The first-order valence-electron chi connectivity index (χ1n) is 11.8. The van der Waals surface area contributed by atoms with Crippen molar-refractivity contribution in [1.82, 2.24) is 20.4 Å². The van der Waals surface area contributed by atoms with Gasteiger partial charge in [-0.05, 0) is 83.3 Å². The summed E-state index contributed by atoms with van der Waals surface area (Å²) in [6, 6.07) is 7.02. The monoisotopic (exact) mass is 534 g/mol. The number of nitrogens with zero attached hydrogens (tertiary/aromatic N) is 2. The molecule has 0 aliphatic carbocycles. The number of hydrogen-bond donors (Lipinski definition) is 3. The molecule has 1 spiro atoms. The fourth-order valence-corrected chi connectivity index (χ4v) is 4.95. The number of carbonyl (C=O) groups is 3. The summed E-state index contributed by atoms with van der Waals surface area (Å²) in [6.45, 7) is 7.10. The van der Waals surface area contributed by atoms with E-state index < -0.39 is 12.1 Å². The molecule has 2 heterocycles. The lowest BCUT2D eigenvalue weighted by Crippen LogP contribution is -2.61. The van der Waals surface area contributed by atoms with E-state index in [1.165, 1.54) is 0 Å². The number of piperidine rings is 2. The standard InChI is InChI=1S/C22H33ClN4O2.C2HF3O2/c1-16(2)25-21(29)24-15-19-22(9-12-26(3)13-10-22)8-5-11-27(19)20(28)17-6-4-7-18(23)14-17;3-2(4,5)1(6)7/h4,6-7,14,16,19H,5,8-13,15H2,1-3H3,(H2,24,25,29);(H,6,7). The van der Waals surface area contributed by atoms with Crippen LogP contribution in [-0.4, -0.2) is 84.3 Å². The first-order chi connectivity index (χ1) is 16.7. The number of nitrogens with one attached hydrogen (secondary N) is 2. The molecule has 36 heavy (non-hydrogen) atoms. The molecule has 0 radical (unpaired) electrons. The molecule has 3 N–H and O–H groups in total. The third kappa shape index (κ3) is 8.26. The second kappa shape index (κ2) is 12.6. The number of carboxylic acid groups (broad SMARTS) is 1. The van der Waals surface area contributed by atoms with Gasteiger partial charge in [0.05, 0.1) is 6.04 Å². The lowest BCUT2D eigenvalue weighted by Gasteiger charge is -2.53. The van der Waals surface area contributed by atoms with Crippen LogP contribution in [0.5, 0.6) is 0 Å². The van der Waals surface area contributed by atoms with Gasteiger partial charge in [-0.1, -0.05) is 17.7 Å². The summed E-state index contributed by atoms with van der Waals surface area (Å²) < 4.78 is 31.7. The van der Waals surface area contributed by atoms with E-state index in [1.54, 1.807) is 12.1 Å². The maximum Gasteiger partial charge on any atom is 0.490 e. The topological polar surface area (TPSA) is 102 Å². The number of carbonyl (C=O) groups excluding carboxylic acids is 2. The van der Waals surface area contributed by atoms with Gasteiger partial charge < -0.3 is 25.5 Å². The van der Waals surface area contributed by atoms with Gasteiger partial charge in [0, 0.05) is 29.7 Å². The highest BCUT2D eigenvalue weighted by atomic mass is 35.5. The number of aliphatic carboxylic acids is 1. The summed E-state index contributed by atoms with van der Waals surface area (Å²) in [5.74, 6) is -2.76. The Balaban J connectivity index is 0.000000572. The number of amides is 3. The first-order valence-corrected chi connectivity index (χ1v) is 12.2.